The minimum atomic E-state index is -0.347. The van der Waals surface area contributed by atoms with Crippen molar-refractivity contribution in [1.29, 1.82) is 0 Å². The van der Waals surface area contributed by atoms with Crippen LogP contribution in [0.2, 0.25) is 0 Å². The minimum absolute atomic E-state index is 0.134. The van der Waals surface area contributed by atoms with Crippen LogP contribution in [0.5, 0.6) is 5.75 Å². The summed E-state index contributed by atoms with van der Waals surface area (Å²) in [6.45, 7) is 0.486. The Labute approximate surface area is 130 Å². The molecule has 0 aliphatic heterocycles. The molecule has 0 saturated heterocycles. The molecule has 0 heterocycles. The first-order valence-electron chi connectivity index (χ1n) is 6.95. The van der Waals surface area contributed by atoms with E-state index in [-0.39, 0.29) is 24.2 Å². The number of aromatic hydroxyl groups is 1. The molecule has 1 aromatic carbocycles. The number of nitrogens with one attached hydrogen (secondary N) is 1. The number of nitrogens with zero attached hydrogens (tertiary/aromatic N) is 1. The third-order valence-electron chi connectivity index (χ3n) is 3.31. The summed E-state index contributed by atoms with van der Waals surface area (Å²) < 4.78 is 4.73. The molecule has 0 spiro atoms. The molecule has 0 bridgehead atoms. The van der Waals surface area contributed by atoms with Crippen molar-refractivity contribution >= 4 is 5.97 Å². The van der Waals surface area contributed by atoms with E-state index in [1.165, 1.54) is 18.3 Å². The van der Waals surface area contributed by atoms with Gasteiger partial charge in [-0.2, -0.15) is 0 Å². The van der Waals surface area contributed by atoms with Crippen LogP contribution < -0.4 is 16.9 Å². The zero-order valence-corrected chi connectivity index (χ0v) is 13.0. The van der Waals surface area contributed by atoms with Gasteiger partial charge in [0.1, 0.15) is 5.75 Å². The van der Waals surface area contributed by atoms with E-state index in [1.54, 1.807) is 31.3 Å². The zero-order valence-electron chi connectivity index (χ0n) is 13.0. The Hall–Kier alpha value is -2.25. The highest BCUT2D eigenvalue weighted by atomic mass is 16.5. The van der Waals surface area contributed by atoms with Crippen LogP contribution in [0.3, 0.4) is 0 Å². The van der Waals surface area contributed by atoms with Crippen molar-refractivity contribution in [1.82, 2.24) is 10.3 Å². The standard InChI is InChI=1S/C15H24N4O3/c1-18-10-13(9-16)19(17)12(8-15(21)22-2)7-11-3-5-14(20)6-4-11/h3-6,9,12,18,20H,7-8,10,16-17H2,1-2H3/b13-9-/t12-/m0/s1. The van der Waals surface area contributed by atoms with Gasteiger partial charge in [0, 0.05) is 12.7 Å². The number of ether oxygens (including phenoxy) is 1. The lowest BCUT2D eigenvalue weighted by molar-refractivity contribution is -0.141. The second kappa shape index (κ2) is 8.91. The van der Waals surface area contributed by atoms with Gasteiger partial charge in [0.15, 0.2) is 0 Å². The summed E-state index contributed by atoms with van der Waals surface area (Å²) in [7, 11) is 3.13. The molecule has 0 fully saturated rings. The monoisotopic (exact) mass is 308 g/mol. The Kier molecular flexibility index (Phi) is 7.21. The molecule has 0 saturated carbocycles. The summed E-state index contributed by atoms with van der Waals surface area (Å²) in [5.41, 5.74) is 7.22. The van der Waals surface area contributed by atoms with Crippen molar-refractivity contribution in [3.05, 3.63) is 41.7 Å². The van der Waals surface area contributed by atoms with Crippen molar-refractivity contribution in [2.24, 2.45) is 11.6 Å². The third kappa shape index (κ3) is 5.27. The van der Waals surface area contributed by atoms with E-state index >= 15 is 0 Å². The Morgan fingerprint density at radius 1 is 1.45 bits per heavy atom. The average Bonchev–Trinajstić information content (AvgIpc) is 2.53. The molecule has 1 aromatic rings. The summed E-state index contributed by atoms with van der Waals surface area (Å²) in [5, 5.41) is 13.8. The molecule has 0 amide bonds. The quantitative estimate of drug-likeness (QED) is 0.305. The first-order valence-corrected chi connectivity index (χ1v) is 6.95. The number of likely N-dealkylation sites (N-methyl/N-ethyl adjacent to an activating group) is 1. The van der Waals surface area contributed by atoms with Crippen LogP contribution in [-0.2, 0) is 16.0 Å². The number of esters is 1. The van der Waals surface area contributed by atoms with E-state index in [2.05, 4.69) is 5.32 Å². The summed E-state index contributed by atoms with van der Waals surface area (Å²) >= 11 is 0. The SMILES string of the molecule is CNC/C(=C/N)N(N)[C@H](CC(=O)OC)Cc1ccc(O)cc1. The maximum absolute atomic E-state index is 11.6. The van der Waals surface area contributed by atoms with Crippen LogP contribution in [-0.4, -0.2) is 42.8 Å². The fraction of sp³-hybridized carbons (Fsp3) is 0.400. The largest absolute Gasteiger partial charge is 0.508 e. The van der Waals surface area contributed by atoms with Crippen LogP contribution in [0.4, 0.5) is 0 Å². The molecule has 0 aliphatic carbocycles. The predicted octanol–water partition coefficient (Wildman–Crippen LogP) is 0.0616. The number of phenolic OH excluding ortho intramolecular Hbond substituents is 1. The van der Waals surface area contributed by atoms with E-state index in [0.29, 0.717) is 18.7 Å². The summed E-state index contributed by atoms with van der Waals surface area (Å²) in [5.74, 6) is 5.97. The number of phenols is 1. The molecule has 0 aromatic heterocycles. The molecular weight excluding hydrogens is 284 g/mol. The van der Waals surface area contributed by atoms with Crippen molar-refractivity contribution in [2.45, 2.75) is 18.9 Å². The van der Waals surface area contributed by atoms with E-state index in [4.69, 9.17) is 16.3 Å². The Morgan fingerprint density at radius 2 is 2.09 bits per heavy atom. The second-order valence-electron chi connectivity index (χ2n) is 4.90. The molecule has 7 heteroatoms. The zero-order chi connectivity index (χ0) is 16.5. The van der Waals surface area contributed by atoms with Crippen LogP contribution in [0, 0.1) is 0 Å². The molecular formula is C15H24N4O3. The first kappa shape index (κ1) is 17.8. The molecule has 0 radical (unpaired) electrons. The van der Waals surface area contributed by atoms with E-state index in [1.807, 2.05) is 0 Å². The van der Waals surface area contributed by atoms with Gasteiger partial charge in [0.25, 0.3) is 0 Å². The highest BCUT2D eigenvalue weighted by Gasteiger charge is 2.22. The maximum Gasteiger partial charge on any atom is 0.307 e. The van der Waals surface area contributed by atoms with Crippen LogP contribution in [0.15, 0.2) is 36.2 Å². The fourth-order valence-corrected chi connectivity index (χ4v) is 2.10. The van der Waals surface area contributed by atoms with Crippen molar-refractivity contribution in [3.8, 4) is 5.75 Å². The molecule has 6 N–H and O–H groups in total. The second-order valence-corrected chi connectivity index (χ2v) is 4.90. The maximum atomic E-state index is 11.6. The fourth-order valence-electron chi connectivity index (χ4n) is 2.10. The Morgan fingerprint density at radius 3 is 2.59 bits per heavy atom. The number of carbonyl (C=O) groups is 1. The van der Waals surface area contributed by atoms with Gasteiger partial charge in [-0.1, -0.05) is 12.1 Å². The van der Waals surface area contributed by atoms with Gasteiger partial charge in [0.2, 0.25) is 0 Å². The van der Waals surface area contributed by atoms with E-state index in [9.17, 15) is 9.90 Å². The van der Waals surface area contributed by atoms with Crippen LogP contribution >= 0.6 is 0 Å². The number of hydrogen-bond donors (Lipinski definition) is 4. The highest BCUT2D eigenvalue weighted by Crippen LogP contribution is 2.16. The predicted molar refractivity (Wildman–Crippen MR) is 84.5 cm³/mol. The number of benzene rings is 1. The summed E-state index contributed by atoms with van der Waals surface area (Å²) in [6, 6.07) is 6.46. The lowest BCUT2D eigenvalue weighted by Crippen LogP contribution is -2.45. The molecule has 1 rings (SSSR count). The average molecular weight is 308 g/mol. The van der Waals surface area contributed by atoms with Gasteiger partial charge in [-0.25, -0.2) is 5.84 Å². The lowest BCUT2D eigenvalue weighted by Gasteiger charge is -2.30. The van der Waals surface area contributed by atoms with E-state index in [0.717, 1.165) is 5.56 Å². The first-order chi connectivity index (χ1) is 10.5. The summed E-state index contributed by atoms with van der Waals surface area (Å²) in [6.07, 6.45) is 2.07. The van der Waals surface area contributed by atoms with Gasteiger partial charge >= 0.3 is 5.97 Å². The Bertz CT molecular complexity index is 502. The third-order valence-corrected chi connectivity index (χ3v) is 3.31. The van der Waals surface area contributed by atoms with E-state index < -0.39 is 0 Å². The van der Waals surface area contributed by atoms with Crippen molar-refractivity contribution in [3.63, 3.8) is 0 Å². The molecule has 22 heavy (non-hydrogen) atoms. The molecule has 0 unspecified atom stereocenters. The molecule has 0 aliphatic rings. The number of rotatable bonds is 8. The normalized spacial score (nSPS) is 12.8. The number of carbonyl (C=O) groups excluding carboxylic acids is 1. The molecule has 7 nitrogen and oxygen atoms in total. The number of nitrogens with two attached hydrogens (primary N) is 2. The van der Waals surface area contributed by atoms with Gasteiger partial charge in [-0.3, -0.25) is 4.79 Å². The van der Waals surface area contributed by atoms with Gasteiger partial charge in [0.05, 0.1) is 25.3 Å². The van der Waals surface area contributed by atoms with Gasteiger partial charge in [-0.15, -0.1) is 0 Å². The van der Waals surface area contributed by atoms with Crippen LogP contribution in [0.25, 0.3) is 0 Å². The van der Waals surface area contributed by atoms with Crippen molar-refractivity contribution in [2.75, 3.05) is 20.7 Å². The van der Waals surface area contributed by atoms with Crippen molar-refractivity contribution < 1.29 is 14.6 Å². The topological polar surface area (TPSA) is 114 Å². The highest BCUT2D eigenvalue weighted by molar-refractivity contribution is 5.70. The van der Waals surface area contributed by atoms with Gasteiger partial charge < -0.3 is 25.9 Å². The number of hydrogen-bond acceptors (Lipinski definition) is 7. The molecule has 1 atom stereocenters. The Balaban J connectivity index is 2.91. The van der Waals surface area contributed by atoms with Crippen LogP contribution in [0.1, 0.15) is 12.0 Å². The van der Waals surface area contributed by atoms with Gasteiger partial charge in [-0.05, 0) is 31.2 Å². The number of hydrazine groups is 1. The number of methoxy groups -OCH3 is 1. The molecule has 122 valence electrons. The minimum Gasteiger partial charge on any atom is -0.508 e. The lowest BCUT2D eigenvalue weighted by atomic mass is 10.0. The summed E-state index contributed by atoms with van der Waals surface area (Å²) in [4.78, 5) is 11.6. The smallest absolute Gasteiger partial charge is 0.307 e.